The smallest absolute Gasteiger partial charge is 0.251 e. The van der Waals surface area contributed by atoms with Crippen LogP contribution in [0.4, 0.5) is 0 Å². The number of nitrogens with one attached hydrogen (secondary N) is 1. The fourth-order valence-electron chi connectivity index (χ4n) is 2.58. The second kappa shape index (κ2) is 8.11. The Hall–Kier alpha value is -2.04. The fraction of sp³-hybridized carbons (Fsp3) is 0.300. The normalized spacial score (nSPS) is 13.3. The number of amides is 2. The first kappa shape index (κ1) is 18.7. The zero-order chi connectivity index (χ0) is 18.7. The molecule has 136 valence electrons. The van der Waals surface area contributed by atoms with Crippen LogP contribution in [0.2, 0.25) is 10.0 Å². The maximum Gasteiger partial charge on any atom is 0.251 e. The molecule has 2 aromatic carbocycles. The zero-order valence-electron chi connectivity index (χ0n) is 14.5. The molecule has 2 amide bonds. The summed E-state index contributed by atoms with van der Waals surface area (Å²) in [6, 6.07) is 12.8. The van der Waals surface area contributed by atoms with Crippen molar-refractivity contribution >= 4 is 35.0 Å². The van der Waals surface area contributed by atoms with Crippen LogP contribution in [0.1, 0.15) is 34.3 Å². The van der Waals surface area contributed by atoms with Gasteiger partial charge >= 0.3 is 0 Å². The molecule has 26 heavy (non-hydrogen) atoms. The number of likely N-dealkylation sites (N-methyl/N-ethyl adjacent to an activating group) is 1. The van der Waals surface area contributed by atoms with E-state index in [1.807, 2.05) is 12.1 Å². The lowest BCUT2D eigenvalue weighted by atomic mass is 10.1. The van der Waals surface area contributed by atoms with E-state index in [2.05, 4.69) is 5.32 Å². The van der Waals surface area contributed by atoms with E-state index in [9.17, 15) is 9.59 Å². The molecule has 0 atom stereocenters. The predicted octanol–water partition coefficient (Wildman–Crippen LogP) is 4.09. The number of benzene rings is 2. The number of nitrogens with zero attached hydrogens (tertiary/aromatic N) is 1. The van der Waals surface area contributed by atoms with Crippen molar-refractivity contribution in [1.29, 1.82) is 0 Å². The van der Waals surface area contributed by atoms with Gasteiger partial charge in [0.2, 0.25) is 5.91 Å². The van der Waals surface area contributed by atoms with Gasteiger partial charge in [0.1, 0.15) is 0 Å². The highest BCUT2D eigenvalue weighted by Gasteiger charge is 2.23. The van der Waals surface area contributed by atoms with E-state index in [1.165, 1.54) is 0 Å². The minimum atomic E-state index is -0.0409. The van der Waals surface area contributed by atoms with Crippen LogP contribution >= 0.6 is 23.2 Å². The van der Waals surface area contributed by atoms with Crippen molar-refractivity contribution < 1.29 is 9.59 Å². The number of hydrogen-bond donors (Lipinski definition) is 1. The van der Waals surface area contributed by atoms with Gasteiger partial charge in [0.05, 0.1) is 6.42 Å². The highest BCUT2D eigenvalue weighted by atomic mass is 35.5. The summed E-state index contributed by atoms with van der Waals surface area (Å²) < 4.78 is 0. The predicted molar refractivity (Wildman–Crippen MR) is 104 cm³/mol. The van der Waals surface area contributed by atoms with E-state index in [0.29, 0.717) is 28.2 Å². The van der Waals surface area contributed by atoms with E-state index in [4.69, 9.17) is 23.2 Å². The molecule has 1 aliphatic rings. The van der Waals surface area contributed by atoms with Gasteiger partial charge in [0.15, 0.2) is 0 Å². The Labute approximate surface area is 163 Å². The van der Waals surface area contributed by atoms with Gasteiger partial charge in [0.25, 0.3) is 5.91 Å². The summed E-state index contributed by atoms with van der Waals surface area (Å²) >= 11 is 12.0. The summed E-state index contributed by atoms with van der Waals surface area (Å²) in [6.07, 6.45) is 2.34. The number of carbonyl (C=O) groups is 2. The monoisotopic (exact) mass is 390 g/mol. The van der Waals surface area contributed by atoms with Crippen LogP contribution in [0.5, 0.6) is 0 Å². The molecule has 1 N–H and O–H groups in total. The molecular formula is C20H20Cl2N2O2. The Balaban J connectivity index is 1.57. The second-order valence-electron chi connectivity index (χ2n) is 6.61. The third kappa shape index (κ3) is 4.99. The molecule has 1 saturated carbocycles. The van der Waals surface area contributed by atoms with Crippen LogP contribution in [0.15, 0.2) is 42.5 Å². The third-order valence-corrected chi connectivity index (χ3v) is 4.92. The van der Waals surface area contributed by atoms with Gasteiger partial charge in [-0.15, -0.1) is 0 Å². The lowest BCUT2D eigenvalue weighted by Crippen LogP contribution is -2.28. The van der Waals surface area contributed by atoms with Gasteiger partial charge < -0.3 is 10.2 Å². The van der Waals surface area contributed by atoms with Crippen LogP contribution in [-0.2, 0) is 17.8 Å². The van der Waals surface area contributed by atoms with Gasteiger partial charge in [-0.3, -0.25) is 9.59 Å². The van der Waals surface area contributed by atoms with Crippen LogP contribution in [0.25, 0.3) is 0 Å². The quantitative estimate of drug-likeness (QED) is 0.807. The number of hydrogen-bond acceptors (Lipinski definition) is 2. The van der Waals surface area contributed by atoms with Crippen molar-refractivity contribution in [2.75, 3.05) is 7.05 Å². The molecular weight excluding hydrogens is 371 g/mol. The molecule has 1 aliphatic carbocycles. The Morgan fingerprint density at radius 1 is 1.12 bits per heavy atom. The minimum absolute atomic E-state index is 0.0372. The number of carbonyl (C=O) groups excluding carboxylic acids is 2. The van der Waals surface area contributed by atoms with Crippen LogP contribution < -0.4 is 5.32 Å². The zero-order valence-corrected chi connectivity index (χ0v) is 16.0. The maximum absolute atomic E-state index is 12.4. The molecule has 0 aliphatic heterocycles. The first-order valence-electron chi connectivity index (χ1n) is 8.50. The lowest BCUT2D eigenvalue weighted by Gasteiger charge is -2.18. The molecule has 0 unspecified atom stereocenters. The third-order valence-electron chi connectivity index (χ3n) is 4.33. The summed E-state index contributed by atoms with van der Waals surface area (Å²) in [5.41, 5.74) is 2.36. The molecule has 0 bridgehead atoms. The lowest BCUT2D eigenvalue weighted by molar-refractivity contribution is -0.129. The molecule has 4 nitrogen and oxygen atoms in total. The molecule has 0 saturated heterocycles. The van der Waals surface area contributed by atoms with Crippen molar-refractivity contribution in [3.63, 3.8) is 0 Å². The number of halogens is 2. The molecule has 0 spiro atoms. The molecule has 6 heteroatoms. The van der Waals surface area contributed by atoms with Crippen molar-refractivity contribution in [3.05, 3.63) is 69.2 Å². The van der Waals surface area contributed by atoms with E-state index in [1.54, 1.807) is 42.3 Å². The summed E-state index contributed by atoms with van der Waals surface area (Å²) in [6.45, 7) is 0.467. The Morgan fingerprint density at radius 3 is 2.42 bits per heavy atom. The van der Waals surface area contributed by atoms with Gasteiger partial charge in [-0.1, -0.05) is 41.4 Å². The van der Waals surface area contributed by atoms with E-state index >= 15 is 0 Å². The Bertz CT molecular complexity index is 817. The van der Waals surface area contributed by atoms with Crippen LogP contribution in [-0.4, -0.2) is 29.8 Å². The molecule has 3 rings (SSSR count). The van der Waals surface area contributed by atoms with Crippen molar-refractivity contribution in [1.82, 2.24) is 10.2 Å². The molecule has 0 radical (unpaired) electrons. The maximum atomic E-state index is 12.4. The van der Waals surface area contributed by atoms with Crippen LogP contribution in [0, 0.1) is 0 Å². The van der Waals surface area contributed by atoms with Crippen molar-refractivity contribution in [2.24, 2.45) is 0 Å². The topological polar surface area (TPSA) is 49.4 Å². The number of rotatable bonds is 6. The second-order valence-corrected chi connectivity index (χ2v) is 7.45. The molecule has 0 heterocycles. The van der Waals surface area contributed by atoms with Gasteiger partial charge in [-0.25, -0.2) is 0 Å². The summed E-state index contributed by atoms with van der Waals surface area (Å²) in [4.78, 5) is 26.1. The molecule has 2 aromatic rings. The first-order valence-corrected chi connectivity index (χ1v) is 9.25. The van der Waals surface area contributed by atoms with E-state index in [0.717, 1.165) is 24.0 Å². The Morgan fingerprint density at radius 2 is 1.81 bits per heavy atom. The van der Waals surface area contributed by atoms with Crippen LogP contribution in [0.3, 0.4) is 0 Å². The van der Waals surface area contributed by atoms with E-state index < -0.39 is 0 Å². The van der Waals surface area contributed by atoms with Gasteiger partial charge in [-0.05, 0) is 48.2 Å². The van der Waals surface area contributed by atoms with Crippen molar-refractivity contribution in [2.45, 2.75) is 31.8 Å². The molecule has 1 fully saturated rings. The van der Waals surface area contributed by atoms with Gasteiger partial charge in [0, 0.05) is 35.2 Å². The average Bonchev–Trinajstić information content (AvgIpc) is 3.41. The highest BCUT2D eigenvalue weighted by molar-refractivity contribution is 6.35. The minimum Gasteiger partial charge on any atom is -0.349 e. The largest absolute Gasteiger partial charge is 0.349 e. The van der Waals surface area contributed by atoms with E-state index in [-0.39, 0.29) is 18.2 Å². The van der Waals surface area contributed by atoms with Gasteiger partial charge in [-0.2, -0.15) is 0 Å². The highest BCUT2D eigenvalue weighted by Crippen LogP contribution is 2.22. The SMILES string of the molecule is CN(Cc1ccc(C(=O)NC2CC2)cc1)C(=O)Cc1ccc(Cl)cc1Cl. The summed E-state index contributed by atoms with van der Waals surface area (Å²) in [5.74, 6) is -0.0781. The van der Waals surface area contributed by atoms with Crippen molar-refractivity contribution in [3.8, 4) is 0 Å². The summed E-state index contributed by atoms with van der Waals surface area (Å²) in [7, 11) is 1.75. The standard InChI is InChI=1S/C20H20Cl2N2O2/c1-24(19(25)10-15-6-7-16(21)11-18(15)22)12-13-2-4-14(5-3-13)20(26)23-17-8-9-17/h2-7,11,17H,8-10,12H2,1H3,(H,23,26). The fourth-order valence-corrected chi connectivity index (χ4v) is 3.06. The first-order chi connectivity index (χ1) is 12.4. The molecule has 0 aromatic heterocycles. The Kier molecular flexibility index (Phi) is 5.84. The summed E-state index contributed by atoms with van der Waals surface area (Å²) in [5, 5.41) is 4.00. The average molecular weight is 391 g/mol.